The molecule has 0 amide bonds. The number of rotatable bonds is 3. The van der Waals surface area contributed by atoms with Crippen molar-refractivity contribution in [2.75, 3.05) is 12.3 Å². The van der Waals surface area contributed by atoms with E-state index in [-0.39, 0.29) is 0 Å². The van der Waals surface area contributed by atoms with Crippen LogP contribution < -0.4 is 5.32 Å². The molecule has 0 bridgehead atoms. The SMILES string of the molecule is O=[S@@](C[C@H]1CCCN1)c1ccccn1. The quantitative estimate of drug-likeness (QED) is 0.807. The fourth-order valence-electron chi connectivity index (χ4n) is 1.65. The first-order valence-electron chi connectivity index (χ1n) is 4.89. The van der Waals surface area contributed by atoms with Gasteiger partial charge in [-0.1, -0.05) is 6.07 Å². The second-order valence-electron chi connectivity index (χ2n) is 3.47. The van der Waals surface area contributed by atoms with Gasteiger partial charge in [0.15, 0.2) is 0 Å². The predicted molar refractivity (Wildman–Crippen MR) is 56.5 cm³/mol. The van der Waals surface area contributed by atoms with Crippen molar-refractivity contribution in [2.45, 2.75) is 23.9 Å². The zero-order valence-electron chi connectivity index (χ0n) is 7.98. The first kappa shape index (κ1) is 9.80. The van der Waals surface area contributed by atoms with E-state index in [0.717, 1.165) is 13.0 Å². The van der Waals surface area contributed by atoms with Crippen molar-refractivity contribution in [2.24, 2.45) is 0 Å². The van der Waals surface area contributed by atoms with Gasteiger partial charge in [-0.15, -0.1) is 0 Å². The molecule has 1 saturated heterocycles. The smallest absolute Gasteiger partial charge is 0.127 e. The van der Waals surface area contributed by atoms with Crippen LogP contribution in [0.5, 0.6) is 0 Å². The summed E-state index contributed by atoms with van der Waals surface area (Å²) in [5.41, 5.74) is 0. The molecule has 1 aromatic rings. The molecule has 3 nitrogen and oxygen atoms in total. The Labute approximate surface area is 86.4 Å². The van der Waals surface area contributed by atoms with Gasteiger partial charge in [0.2, 0.25) is 0 Å². The van der Waals surface area contributed by atoms with Crippen molar-refractivity contribution in [1.82, 2.24) is 10.3 Å². The first-order chi connectivity index (χ1) is 6.86. The number of aromatic nitrogens is 1. The van der Waals surface area contributed by atoms with E-state index < -0.39 is 10.8 Å². The van der Waals surface area contributed by atoms with Crippen molar-refractivity contribution >= 4 is 10.8 Å². The molecule has 1 fully saturated rings. The maximum atomic E-state index is 11.8. The van der Waals surface area contributed by atoms with E-state index in [9.17, 15) is 4.21 Å². The average Bonchev–Trinajstić information content (AvgIpc) is 2.72. The molecule has 1 aliphatic rings. The summed E-state index contributed by atoms with van der Waals surface area (Å²) in [5.74, 6) is 0.691. The van der Waals surface area contributed by atoms with Crippen molar-refractivity contribution in [1.29, 1.82) is 0 Å². The molecule has 4 heteroatoms. The molecular weight excluding hydrogens is 196 g/mol. The van der Waals surface area contributed by atoms with E-state index in [0.29, 0.717) is 16.8 Å². The number of nitrogens with one attached hydrogen (secondary N) is 1. The highest BCUT2D eigenvalue weighted by Crippen LogP contribution is 2.09. The van der Waals surface area contributed by atoms with Crippen LogP contribution in [-0.2, 0) is 10.8 Å². The van der Waals surface area contributed by atoms with E-state index >= 15 is 0 Å². The molecule has 1 aliphatic heterocycles. The highest BCUT2D eigenvalue weighted by Gasteiger charge is 2.17. The van der Waals surface area contributed by atoms with Gasteiger partial charge in [-0.2, -0.15) is 0 Å². The maximum absolute atomic E-state index is 11.8. The number of hydrogen-bond acceptors (Lipinski definition) is 3. The zero-order valence-corrected chi connectivity index (χ0v) is 8.80. The summed E-state index contributed by atoms with van der Waals surface area (Å²) in [6.45, 7) is 1.06. The molecule has 0 saturated carbocycles. The van der Waals surface area contributed by atoms with Gasteiger partial charge in [0.1, 0.15) is 5.03 Å². The van der Waals surface area contributed by atoms with E-state index in [4.69, 9.17) is 0 Å². The van der Waals surface area contributed by atoms with Crippen molar-refractivity contribution < 1.29 is 4.21 Å². The van der Waals surface area contributed by atoms with Crippen LogP contribution in [0.1, 0.15) is 12.8 Å². The molecule has 0 spiro atoms. The van der Waals surface area contributed by atoms with E-state index in [1.807, 2.05) is 18.2 Å². The lowest BCUT2D eigenvalue weighted by Crippen LogP contribution is -2.27. The highest BCUT2D eigenvalue weighted by molar-refractivity contribution is 7.85. The van der Waals surface area contributed by atoms with Crippen LogP contribution in [-0.4, -0.2) is 27.5 Å². The normalized spacial score (nSPS) is 23.6. The maximum Gasteiger partial charge on any atom is 0.127 e. The van der Waals surface area contributed by atoms with Gasteiger partial charge in [-0.05, 0) is 31.5 Å². The predicted octanol–water partition coefficient (Wildman–Crippen LogP) is 0.941. The van der Waals surface area contributed by atoms with Crippen LogP contribution in [0.15, 0.2) is 29.4 Å². The van der Waals surface area contributed by atoms with Crippen LogP contribution in [0, 0.1) is 0 Å². The lowest BCUT2D eigenvalue weighted by Gasteiger charge is -2.08. The van der Waals surface area contributed by atoms with Gasteiger partial charge in [0.25, 0.3) is 0 Å². The molecule has 2 heterocycles. The molecule has 1 aromatic heterocycles. The summed E-state index contributed by atoms with van der Waals surface area (Å²) < 4.78 is 11.8. The lowest BCUT2D eigenvalue weighted by atomic mass is 10.3. The average molecular weight is 210 g/mol. The number of nitrogens with zero attached hydrogens (tertiary/aromatic N) is 1. The third-order valence-corrected chi connectivity index (χ3v) is 3.80. The largest absolute Gasteiger partial charge is 0.313 e. The number of hydrogen-bond donors (Lipinski definition) is 1. The fourth-order valence-corrected chi connectivity index (χ4v) is 2.88. The topological polar surface area (TPSA) is 42.0 Å². The summed E-state index contributed by atoms with van der Waals surface area (Å²) in [6.07, 6.45) is 4.03. The fraction of sp³-hybridized carbons (Fsp3) is 0.500. The van der Waals surface area contributed by atoms with Crippen molar-refractivity contribution in [3.63, 3.8) is 0 Å². The van der Waals surface area contributed by atoms with E-state index in [2.05, 4.69) is 10.3 Å². The minimum absolute atomic E-state index is 0.415. The molecule has 0 aromatic carbocycles. The van der Waals surface area contributed by atoms with Crippen LogP contribution in [0.3, 0.4) is 0 Å². The molecule has 0 radical (unpaired) electrons. The summed E-state index contributed by atoms with van der Waals surface area (Å²) in [5, 5.41) is 4.03. The van der Waals surface area contributed by atoms with Crippen LogP contribution >= 0.6 is 0 Å². The monoisotopic (exact) mass is 210 g/mol. The molecule has 0 aliphatic carbocycles. The highest BCUT2D eigenvalue weighted by atomic mass is 32.2. The molecule has 0 unspecified atom stereocenters. The van der Waals surface area contributed by atoms with Crippen LogP contribution in [0.25, 0.3) is 0 Å². The Bertz CT molecular complexity index is 309. The summed E-state index contributed by atoms with van der Waals surface area (Å²) in [4.78, 5) is 4.09. The van der Waals surface area contributed by atoms with Crippen molar-refractivity contribution in [3.05, 3.63) is 24.4 Å². The lowest BCUT2D eigenvalue weighted by molar-refractivity contribution is 0.641. The Balaban J connectivity index is 1.95. The van der Waals surface area contributed by atoms with Crippen LogP contribution in [0.2, 0.25) is 0 Å². The Morgan fingerprint density at radius 3 is 3.14 bits per heavy atom. The Morgan fingerprint density at radius 1 is 1.57 bits per heavy atom. The zero-order chi connectivity index (χ0) is 9.80. The summed E-state index contributed by atoms with van der Waals surface area (Å²) in [6, 6.07) is 5.96. The number of pyridine rings is 1. The second kappa shape index (κ2) is 4.66. The van der Waals surface area contributed by atoms with E-state index in [1.54, 1.807) is 6.20 Å². The molecule has 2 rings (SSSR count). The molecular formula is C10H14N2OS. The minimum Gasteiger partial charge on any atom is -0.313 e. The Morgan fingerprint density at radius 2 is 2.50 bits per heavy atom. The van der Waals surface area contributed by atoms with Gasteiger partial charge in [0, 0.05) is 18.0 Å². The van der Waals surface area contributed by atoms with E-state index in [1.165, 1.54) is 6.42 Å². The third kappa shape index (κ3) is 2.39. The first-order valence-corrected chi connectivity index (χ1v) is 6.21. The van der Waals surface area contributed by atoms with Gasteiger partial charge in [0.05, 0.1) is 10.8 Å². The second-order valence-corrected chi connectivity index (χ2v) is 4.92. The molecule has 2 atom stereocenters. The Hall–Kier alpha value is -0.740. The molecule has 14 heavy (non-hydrogen) atoms. The minimum atomic E-state index is -0.947. The van der Waals surface area contributed by atoms with Gasteiger partial charge >= 0.3 is 0 Å². The molecule has 1 N–H and O–H groups in total. The molecule has 76 valence electrons. The van der Waals surface area contributed by atoms with Gasteiger partial charge < -0.3 is 5.32 Å². The summed E-state index contributed by atoms with van der Waals surface area (Å²) >= 11 is 0. The Kier molecular flexibility index (Phi) is 3.26. The third-order valence-electron chi connectivity index (χ3n) is 2.39. The van der Waals surface area contributed by atoms with Gasteiger partial charge in [-0.3, -0.25) is 4.21 Å². The van der Waals surface area contributed by atoms with Crippen molar-refractivity contribution in [3.8, 4) is 0 Å². The standard InChI is InChI=1S/C10H14N2OS/c13-14(8-9-4-3-7-11-9)10-5-1-2-6-12-10/h1-2,5-6,9,11H,3-4,7-8H2/t9-,14+/m1/s1. The summed E-state index contributed by atoms with van der Waals surface area (Å²) in [7, 11) is -0.947. The van der Waals surface area contributed by atoms with Gasteiger partial charge in [-0.25, -0.2) is 4.98 Å². The van der Waals surface area contributed by atoms with Crippen LogP contribution in [0.4, 0.5) is 0 Å².